The Kier molecular flexibility index (Phi) is 8.15. The third-order valence-electron chi connectivity index (χ3n) is 4.42. The highest BCUT2D eigenvalue weighted by Gasteiger charge is 2.04. The molecule has 0 aromatic heterocycles. The number of carbonyl (C=O) groups excluding carboxylic acids is 1. The zero-order chi connectivity index (χ0) is 21.0. The molecule has 3 rings (SSSR count). The van der Waals surface area contributed by atoms with Crippen molar-refractivity contribution in [1.82, 2.24) is 0 Å². The minimum atomic E-state index is -0.112. The minimum Gasteiger partial charge on any atom is -0.494 e. The smallest absolute Gasteiger partial charge is 0.243 e. The van der Waals surface area contributed by atoms with Crippen LogP contribution in [-0.4, -0.2) is 25.7 Å². The van der Waals surface area contributed by atoms with Gasteiger partial charge in [-0.25, -0.2) is 0 Å². The van der Waals surface area contributed by atoms with Crippen LogP contribution in [0.5, 0.6) is 11.5 Å². The average Bonchev–Trinajstić information content (AvgIpc) is 2.79. The van der Waals surface area contributed by atoms with Crippen molar-refractivity contribution in [1.29, 1.82) is 0 Å². The highest BCUT2D eigenvalue weighted by atomic mass is 16.5. The molecule has 0 fully saturated rings. The van der Waals surface area contributed by atoms with Crippen LogP contribution in [0.1, 0.15) is 18.9 Å². The lowest BCUT2D eigenvalue weighted by atomic mass is 10.2. The Hall–Kier alpha value is -3.47. The number of amides is 1. The van der Waals surface area contributed by atoms with Crippen molar-refractivity contribution in [3.8, 4) is 11.5 Å². The van der Waals surface area contributed by atoms with Crippen LogP contribution in [0.2, 0.25) is 0 Å². The average molecular weight is 405 g/mol. The molecule has 0 bridgehead atoms. The zero-order valence-corrected chi connectivity index (χ0v) is 17.3. The highest BCUT2D eigenvalue weighted by Crippen LogP contribution is 2.17. The quantitative estimate of drug-likeness (QED) is 0.464. The van der Waals surface area contributed by atoms with E-state index in [1.165, 1.54) is 5.56 Å². The molecule has 0 unspecified atom stereocenters. The lowest BCUT2D eigenvalue weighted by Crippen LogP contribution is -2.21. The van der Waals surface area contributed by atoms with Gasteiger partial charge in [0.1, 0.15) is 11.5 Å². The Morgan fingerprint density at radius 3 is 2.00 bits per heavy atom. The van der Waals surface area contributed by atoms with Crippen molar-refractivity contribution in [2.24, 2.45) is 0 Å². The molecule has 5 nitrogen and oxygen atoms in total. The van der Waals surface area contributed by atoms with Crippen molar-refractivity contribution in [3.05, 3.63) is 84.4 Å². The Bertz CT molecular complexity index is 894. The zero-order valence-electron chi connectivity index (χ0n) is 17.3. The predicted octanol–water partition coefficient (Wildman–Crippen LogP) is 5.15. The SMILES string of the molecule is CCCOc1ccc(NCC(=O)Nc2ccc(OCCc3ccccc3)cc2)cc1. The molecule has 0 saturated carbocycles. The van der Waals surface area contributed by atoms with E-state index >= 15 is 0 Å². The summed E-state index contributed by atoms with van der Waals surface area (Å²) in [6, 6.07) is 25.2. The van der Waals surface area contributed by atoms with Gasteiger partial charge in [-0.2, -0.15) is 0 Å². The molecule has 0 saturated heterocycles. The Balaban J connectivity index is 1.38. The van der Waals surface area contributed by atoms with Crippen LogP contribution < -0.4 is 20.1 Å². The molecule has 156 valence electrons. The first kappa shape index (κ1) is 21.2. The van der Waals surface area contributed by atoms with Gasteiger partial charge in [-0.05, 0) is 60.5 Å². The van der Waals surface area contributed by atoms with Crippen LogP contribution in [0.25, 0.3) is 0 Å². The van der Waals surface area contributed by atoms with Crippen molar-refractivity contribution < 1.29 is 14.3 Å². The second-order valence-electron chi connectivity index (χ2n) is 6.88. The summed E-state index contributed by atoms with van der Waals surface area (Å²) in [5.41, 5.74) is 2.86. The summed E-state index contributed by atoms with van der Waals surface area (Å²) in [6.07, 6.45) is 1.83. The summed E-state index contributed by atoms with van der Waals surface area (Å²) in [5, 5.41) is 5.99. The van der Waals surface area contributed by atoms with Gasteiger partial charge in [0.25, 0.3) is 0 Å². The van der Waals surface area contributed by atoms with Crippen LogP contribution in [0.15, 0.2) is 78.9 Å². The Morgan fingerprint density at radius 2 is 1.37 bits per heavy atom. The molecule has 0 heterocycles. The van der Waals surface area contributed by atoms with Gasteiger partial charge in [-0.15, -0.1) is 0 Å². The fourth-order valence-electron chi connectivity index (χ4n) is 2.84. The molecule has 0 aliphatic heterocycles. The monoisotopic (exact) mass is 404 g/mol. The maximum Gasteiger partial charge on any atom is 0.243 e. The molecule has 30 heavy (non-hydrogen) atoms. The molecule has 3 aromatic rings. The van der Waals surface area contributed by atoms with E-state index in [0.717, 1.165) is 35.7 Å². The summed E-state index contributed by atoms with van der Waals surface area (Å²) in [4.78, 5) is 12.2. The lowest BCUT2D eigenvalue weighted by Gasteiger charge is -2.10. The van der Waals surface area contributed by atoms with E-state index in [1.54, 1.807) is 0 Å². The van der Waals surface area contributed by atoms with Gasteiger partial charge in [0.2, 0.25) is 5.91 Å². The van der Waals surface area contributed by atoms with Gasteiger partial charge in [0, 0.05) is 17.8 Å². The third-order valence-corrected chi connectivity index (χ3v) is 4.42. The first-order valence-corrected chi connectivity index (χ1v) is 10.3. The number of rotatable bonds is 11. The van der Waals surface area contributed by atoms with Crippen LogP contribution in [0, 0.1) is 0 Å². The normalized spacial score (nSPS) is 10.3. The Morgan fingerprint density at radius 1 is 0.767 bits per heavy atom. The van der Waals surface area contributed by atoms with Crippen LogP contribution in [0.4, 0.5) is 11.4 Å². The molecule has 0 atom stereocenters. The molecule has 1 amide bonds. The van der Waals surface area contributed by atoms with Crippen molar-refractivity contribution in [3.63, 3.8) is 0 Å². The van der Waals surface area contributed by atoms with Gasteiger partial charge in [-0.1, -0.05) is 37.3 Å². The topological polar surface area (TPSA) is 59.6 Å². The van der Waals surface area contributed by atoms with E-state index < -0.39 is 0 Å². The standard InChI is InChI=1S/C25H28N2O3/c1-2-17-29-23-12-8-21(9-13-23)26-19-25(28)27-22-10-14-24(15-11-22)30-18-16-20-6-4-3-5-7-20/h3-15,26H,2,16-19H2,1H3,(H,27,28). The van der Waals surface area contributed by atoms with Gasteiger partial charge in [0.05, 0.1) is 19.8 Å². The van der Waals surface area contributed by atoms with Gasteiger partial charge in [-0.3, -0.25) is 4.79 Å². The number of ether oxygens (including phenoxy) is 2. The second kappa shape index (κ2) is 11.5. The van der Waals surface area contributed by atoms with E-state index in [4.69, 9.17) is 9.47 Å². The molecular formula is C25H28N2O3. The van der Waals surface area contributed by atoms with E-state index in [-0.39, 0.29) is 12.5 Å². The summed E-state index contributed by atoms with van der Waals surface area (Å²) in [6.45, 7) is 3.57. The van der Waals surface area contributed by atoms with E-state index in [9.17, 15) is 4.79 Å². The van der Waals surface area contributed by atoms with E-state index in [2.05, 4.69) is 29.7 Å². The van der Waals surface area contributed by atoms with Gasteiger partial charge < -0.3 is 20.1 Å². The van der Waals surface area contributed by atoms with Gasteiger partial charge in [0.15, 0.2) is 0 Å². The highest BCUT2D eigenvalue weighted by molar-refractivity contribution is 5.93. The van der Waals surface area contributed by atoms with Crippen molar-refractivity contribution in [2.75, 3.05) is 30.4 Å². The number of benzene rings is 3. The summed E-state index contributed by atoms with van der Waals surface area (Å²) >= 11 is 0. The second-order valence-corrected chi connectivity index (χ2v) is 6.88. The number of nitrogens with one attached hydrogen (secondary N) is 2. The van der Waals surface area contributed by atoms with Crippen LogP contribution in [-0.2, 0) is 11.2 Å². The molecule has 0 aliphatic rings. The lowest BCUT2D eigenvalue weighted by molar-refractivity contribution is -0.114. The molecule has 0 aliphatic carbocycles. The summed E-state index contributed by atoms with van der Waals surface area (Å²) < 4.78 is 11.3. The minimum absolute atomic E-state index is 0.112. The Labute approximate surface area is 178 Å². The fraction of sp³-hybridized carbons (Fsp3) is 0.240. The first-order chi connectivity index (χ1) is 14.7. The maximum absolute atomic E-state index is 12.2. The molecule has 3 aromatic carbocycles. The number of carbonyl (C=O) groups is 1. The van der Waals surface area contributed by atoms with Crippen molar-refractivity contribution in [2.45, 2.75) is 19.8 Å². The number of anilines is 2. The summed E-state index contributed by atoms with van der Waals surface area (Å²) in [7, 11) is 0. The van der Waals surface area contributed by atoms with Crippen molar-refractivity contribution >= 4 is 17.3 Å². The summed E-state index contributed by atoms with van der Waals surface area (Å²) in [5.74, 6) is 1.50. The van der Waals surface area contributed by atoms with Crippen LogP contribution in [0.3, 0.4) is 0 Å². The molecule has 2 N–H and O–H groups in total. The third kappa shape index (κ3) is 7.17. The molecule has 0 spiro atoms. The molecule has 0 radical (unpaired) electrons. The molecular weight excluding hydrogens is 376 g/mol. The number of hydrogen-bond acceptors (Lipinski definition) is 4. The predicted molar refractivity (Wildman–Crippen MR) is 121 cm³/mol. The fourth-order valence-corrected chi connectivity index (χ4v) is 2.84. The van der Waals surface area contributed by atoms with E-state index in [1.807, 2.05) is 66.7 Å². The van der Waals surface area contributed by atoms with E-state index in [0.29, 0.717) is 13.2 Å². The number of hydrogen-bond donors (Lipinski definition) is 2. The molecule has 5 heteroatoms. The largest absolute Gasteiger partial charge is 0.494 e. The first-order valence-electron chi connectivity index (χ1n) is 10.3. The maximum atomic E-state index is 12.2. The van der Waals surface area contributed by atoms with Gasteiger partial charge >= 0.3 is 0 Å². The van der Waals surface area contributed by atoms with Crippen LogP contribution >= 0.6 is 0 Å².